The van der Waals surface area contributed by atoms with E-state index in [1.54, 1.807) is 0 Å². The molecule has 0 saturated carbocycles. The Labute approximate surface area is 139 Å². The molecular formula is C20H17PSe. The second kappa shape index (κ2) is 6.63. The summed E-state index contributed by atoms with van der Waals surface area (Å²) in [4.78, 5) is 0. The van der Waals surface area contributed by atoms with Crippen molar-refractivity contribution >= 4 is 42.6 Å². The van der Waals surface area contributed by atoms with Crippen molar-refractivity contribution in [2.45, 2.75) is 0 Å². The summed E-state index contributed by atoms with van der Waals surface area (Å²) >= 11 is 3.56. The first kappa shape index (κ1) is 15.3. The van der Waals surface area contributed by atoms with Crippen LogP contribution >= 0.6 is 5.51 Å². The molecular weight excluding hydrogens is 350 g/mol. The molecule has 22 heavy (non-hydrogen) atoms. The van der Waals surface area contributed by atoms with Crippen molar-refractivity contribution in [3.63, 3.8) is 0 Å². The molecule has 108 valence electrons. The van der Waals surface area contributed by atoms with E-state index in [1.165, 1.54) is 15.9 Å². The normalized spacial score (nSPS) is 11.1. The summed E-state index contributed by atoms with van der Waals surface area (Å²) in [5.41, 5.74) is -0.567. The van der Waals surface area contributed by atoms with Gasteiger partial charge in [0.1, 0.15) is 0 Å². The van der Waals surface area contributed by atoms with Gasteiger partial charge in [0.05, 0.1) is 0 Å². The molecule has 0 aliphatic heterocycles. The van der Waals surface area contributed by atoms with Crippen LogP contribution in [0.3, 0.4) is 0 Å². The molecule has 3 aromatic carbocycles. The summed E-state index contributed by atoms with van der Waals surface area (Å²) in [6.45, 7) is 3.84. The van der Waals surface area contributed by atoms with E-state index in [0.717, 1.165) is 5.56 Å². The fourth-order valence-corrected chi connectivity index (χ4v) is 7.49. The Morgan fingerprint density at radius 3 is 1.45 bits per heavy atom. The molecule has 0 atom stereocenters. The van der Waals surface area contributed by atoms with E-state index in [4.69, 9.17) is 0 Å². The third-order valence-corrected chi connectivity index (χ3v) is 10.8. The quantitative estimate of drug-likeness (QED) is 0.487. The average Bonchev–Trinajstić information content (AvgIpc) is 2.62. The number of benzene rings is 3. The van der Waals surface area contributed by atoms with Crippen LogP contribution in [0.15, 0.2) is 91.5 Å². The van der Waals surface area contributed by atoms with Gasteiger partial charge in [-0.1, -0.05) is 0 Å². The van der Waals surface area contributed by atoms with Crippen LogP contribution in [0.25, 0.3) is 6.08 Å². The summed E-state index contributed by atoms with van der Waals surface area (Å²) < 4.78 is 0. The Morgan fingerprint density at radius 1 is 0.636 bits per heavy atom. The molecule has 3 rings (SSSR count). The van der Waals surface area contributed by atoms with Crippen LogP contribution < -0.4 is 15.9 Å². The fraction of sp³-hybridized carbons (Fsp3) is 0. The van der Waals surface area contributed by atoms with Crippen molar-refractivity contribution in [3.05, 3.63) is 97.1 Å². The molecule has 0 aliphatic rings. The molecule has 0 unspecified atom stereocenters. The van der Waals surface area contributed by atoms with Gasteiger partial charge in [-0.2, -0.15) is 0 Å². The van der Waals surface area contributed by atoms with Crippen molar-refractivity contribution in [1.82, 2.24) is 0 Å². The van der Waals surface area contributed by atoms with Crippen LogP contribution in [0.4, 0.5) is 0 Å². The minimum absolute atomic E-state index is 1.15. The van der Waals surface area contributed by atoms with Crippen LogP contribution in [0.2, 0.25) is 0 Å². The predicted molar refractivity (Wildman–Crippen MR) is 101 cm³/mol. The topological polar surface area (TPSA) is 0 Å². The molecule has 0 fully saturated rings. The molecule has 0 nitrogen and oxygen atoms in total. The van der Waals surface area contributed by atoms with Gasteiger partial charge in [0.25, 0.3) is 0 Å². The Balaban J connectivity index is 2.23. The van der Waals surface area contributed by atoms with E-state index in [9.17, 15) is 0 Å². The number of hydrogen-bond donors (Lipinski definition) is 0. The van der Waals surface area contributed by atoms with Crippen molar-refractivity contribution in [3.8, 4) is 0 Å². The Morgan fingerprint density at radius 2 is 1.05 bits per heavy atom. The van der Waals surface area contributed by atoms with Gasteiger partial charge in [-0.3, -0.25) is 0 Å². The van der Waals surface area contributed by atoms with Crippen molar-refractivity contribution in [1.29, 1.82) is 0 Å². The summed E-state index contributed by atoms with van der Waals surface area (Å²) in [6, 6.07) is 30.2. The molecule has 3 aromatic rings. The van der Waals surface area contributed by atoms with Gasteiger partial charge < -0.3 is 0 Å². The van der Waals surface area contributed by atoms with Crippen LogP contribution in [-0.4, -0.2) is 15.1 Å². The minimum atomic E-state index is -1.72. The Bertz CT molecular complexity index is 762. The summed E-state index contributed by atoms with van der Waals surface area (Å²) in [6.07, 6.45) is 1.88. The van der Waals surface area contributed by atoms with Gasteiger partial charge in [-0.15, -0.1) is 0 Å². The molecule has 0 aliphatic carbocycles. The van der Waals surface area contributed by atoms with Gasteiger partial charge in [0, 0.05) is 0 Å². The third-order valence-electron chi connectivity index (χ3n) is 3.73. The van der Waals surface area contributed by atoms with Crippen LogP contribution in [-0.2, 0) is 0 Å². The van der Waals surface area contributed by atoms with Crippen LogP contribution in [0.1, 0.15) is 5.56 Å². The standard InChI is InChI=1S/C20H17PSe/c1-2-17-13-15-20(16-14-17)21(22,18-9-5-3-6-10-18)19-11-7-4-8-12-19/h2-16H,1H2. The van der Waals surface area contributed by atoms with E-state index in [0.29, 0.717) is 0 Å². The third kappa shape index (κ3) is 2.81. The van der Waals surface area contributed by atoms with Crippen molar-refractivity contribution in [2.24, 2.45) is 0 Å². The molecule has 2 heteroatoms. The maximum atomic E-state index is 3.84. The zero-order valence-corrected chi connectivity index (χ0v) is 14.8. The maximum absolute atomic E-state index is 3.84. The average molecular weight is 367 g/mol. The van der Waals surface area contributed by atoms with Crippen molar-refractivity contribution in [2.75, 3.05) is 0 Å². The molecule has 0 amide bonds. The van der Waals surface area contributed by atoms with Crippen molar-refractivity contribution < 1.29 is 0 Å². The fourth-order valence-electron chi connectivity index (χ4n) is 2.54. The summed E-state index contributed by atoms with van der Waals surface area (Å²) in [7, 11) is 0. The van der Waals surface area contributed by atoms with Gasteiger partial charge in [-0.25, -0.2) is 0 Å². The monoisotopic (exact) mass is 368 g/mol. The number of hydrogen-bond acceptors (Lipinski definition) is 0. The van der Waals surface area contributed by atoms with Gasteiger partial charge in [0.2, 0.25) is 0 Å². The van der Waals surface area contributed by atoms with Gasteiger partial charge in [-0.05, 0) is 0 Å². The molecule has 0 spiro atoms. The molecule has 0 aromatic heterocycles. The van der Waals surface area contributed by atoms with Crippen LogP contribution in [0, 0.1) is 0 Å². The van der Waals surface area contributed by atoms with Crippen LogP contribution in [0.5, 0.6) is 0 Å². The molecule has 0 bridgehead atoms. The first-order chi connectivity index (χ1) is 10.7. The van der Waals surface area contributed by atoms with E-state index in [2.05, 4.69) is 107 Å². The SMILES string of the molecule is C=Cc1ccc(P(=[Se])(c2ccccc2)c2ccccc2)cc1. The molecule has 0 N–H and O–H groups in total. The van der Waals surface area contributed by atoms with Gasteiger partial charge >= 0.3 is 140 Å². The van der Waals surface area contributed by atoms with E-state index >= 15 is 0 Å². The summed E-state index contributed by atoms with van der Waals surface area (Å²) in [5.74, 6) is 0. The summed E-state index contributed by atoms with van der Waals surface area (Å²) in [5, 5.41) is 4.05. The molecule has 0 heterocycles. The second-order valence-electron chi connectivity index (χ2n) is 5.08. The number of rotatable bonds is 4. The van der Waals surface area contributed by atoms with E-state index in [-0.39, 0.29) is 0 Å². The van der Waals surface area contributed by atoms with E-state index in [1.807, 2.05) is 6.08 Å². The van der Waals surface area contributed by atoms with E-state index < -0.39 is 5.51 Å². The molecule has 0 radical (unpaired) electrons. The zero-order valence-electron chi connectivity index (χ0n) is 12.2. The first-order valence-corrected chi connectivity index (χ1v) is 11.2. The zero-order chi connectivity index (χ0) is 15.4. The Hall–Kier alpha value is -1.65. The second-order valence-corrected chi connectivity index (χ2v) is 11.3. The van der Waals surface area contributed by atoms with Gasteiger partial charge in [0.15, 0.2) is 0 Å². The predicted octanol–water partition coefficient (Wildman–Crippen LogP) is 3.71. The first-order valence-electron chi connectivity index (χ1n) is 7.19. The molecule has 0 saturated heterocycles. The Kier molecular flexibility index (Phi) is 4.60.